The number of hydrogen-bond donors (Lipinski definition) is 0. The Hall–Kier alpha value is -1.16. The highest BCUT2D eigenvalue weighted by Crippen LogP contribution is 2.13. The van der Waals surface area contributed by atoms with Crippen molar-refractivity contribution in [3.63, 3.8) is 0 Å². The Morgan fingerprint density at radius 1 is 1.11 bits per heavy atom. The van der Waals surface area contributed by atoms with Crippen LogP contribution in [0.2, 0.25) is 0 Å². The van der Waals surface area contributed by atoms with E-state index in [1.807, 2.05) is 12.1 Å². The standard InChI is InChI=1S/C14H20O3S/c1-10(2)9-12-5-7-13(8-6-12)14(15)11(3)18(4,16)17/h5-8,10-11H,9H2,1-4H3. The third-order valence-electron chi connectivity index (χ3n) is 2.89. The molecule has 0 spiro atoms. The highest BCUT2D eigenvalue weighted by molar-refractivity contribution is 7.92. The number of Topliss-reactive ketones (excluding diaryl/α,β-unsaturated/α-hetero) is 1. The van der Waals surface area contributed by atoms with Gasteiger partial charge in [-0.05, 0) is 24.8 Å². The quantitative estimate of drug-likeness (QED) is 0.771. The molecule has 0 saturated heterocycles. The topological polar surface area (TPSA) is 51.2 Å². The second kappa shape index (κ2) is 5.65. The minimum atomic E-state index is -3.33. The lowest BCUT2D eigenvalue weighted by molar-refractivity contribution is 0.0991. The first kappa shape index (κ1) is 14.9. The van der Waals surface area contributed by atoms with Crippen LogP contribution in [-0.4, -0.2) is 25.7 Å². The van der Waals surface area contributed by atoms with Crippen molar-refractivity contribution in [2.45, 2.75) is 32.4 Å². The van der Waals surface area contributed by atoms with Gasteiger partial charge in [-0.1, -0.05) is 38.1 Å². The zero-order valence-corrected chi connectivity index (χ0v) is 12.1. The molecule has 1 rings (SSSR count). The van der Waals surface area contributed by atoms with Crippen LogP contribution in [0.3, 0.4) is 0 Å². The van der Waals surface area contributed by atoms with Crippen LogP contribution in [0.25, 0.3) is 0 Å². The summed E-state index contributed by atoms with van der Waals surface area (Å²) >= 11 is 0. The molecule has 18 heavy (non-hydrogen) atoms. The van der Waals surface area contributed by atoms with Crippen molar-refractivity contribution in [2.24, 2.45) is 5.92 Å². The van der Waals surface area contributed by atoms with Gasteiger partial charge in [0.25, 0.3) is 0 Å². The Morgan fingerprint density at radius 2 is 1.61 bits per heavy atom. The van der Waals surface area contributed by atoms with Crippen molar-refractivity contribution in [3.05, 3.63) is 35.4 Å². The average Bonchev–Trinajstić information content (AvgIpc) is 2.26. The minimum Gasteiger partial charge on any atom is -0.293 e. The molecule has 1 aromatic rings. The first-order valence-corrected chi connectivity index (χ1v) is 7.99. The summed E-state index contributed by atoms with van der Waals surface area (Å²) in [5.41, 5.74) is 1.62. The van der Waals surface area contributed by atoms with Gasteiger partial charge in [0.2, 0.25) is 0 Å². The number of carbonyl (C=O) groups excluding carboxylic acids is 1. The van der Waals surface area contributed by atoms with E-state index >= 15 is 0 Å². The van der Waals surface area contributed by atoms with Gasteiger partial charge in [-0.3, -0.25) is 4.79 Å². The number of benzene rings is 1. The van der Waals surface area contributed by atoms with Gasteiger partial charge >= 0.3 is 0 Å². The zero-order valence-electron chi connectivity index (χ0n) is 11.3. The van der Waals surface area contributed by atoms with Gasteiger partial charge in [-0.2, -0.15) is 0 Å². The van der Waals surface area contributed by atoms with Gasteiger partial charge in [0.15, 0.2) is 15.6 Å². The molecule has 0 saturated carbocycles. The number of rotatable bonds is 5. The molecule has 1 unspecified atom stereocenters. The SMILES string of the molecule is CC(C)Cc1ccc(C(=O)C(C)S(C)(=O)=O)cc1. The van der Waals surface area contributed by atoms with Crippen LogP contribution in [0.1, 0.15) is 36.7 Å². The molecule has 1 aromatic carbocycles. The predicted molar refractivity (Wildman–Crippen MR) is 73.6 cm³/mol. The van der Waals surface area contributed by atoms with Crippen molar-refractivity contribution in [2.75, 3.05) is 6.26 Å². The highest BCUT2D eigenvalue weighted by atomic mass is 32.2. The van der Waals surface area contributed by atoms with Gasteiger partial charge in [0, 0.05) is 11.8 Å². The van der Waals surface area contributed by atoms with Crippen LogP contribution in [-0.2, 0) is 16.3 Å². The Balaban J connectivity index is 2.89. The smallest absolute Gasteiger partial charge is 0.180 e. The van der Waals surface area contributed by atoms with E-state index in [0.717, 1.165) is 18.2 Å². The summed E-state index contributed by atoms with van der Waals surface area (Å²) in [7, 11) is -3.33. The van der Waals surface area contributed by atoms with Gasteiger partial charge in [-0.15, -0.1) is 0 Å². The third kappa shape index (κ3) is 3.95. The van der Waals surface area contributed by atoms with Crippen molar-refractivity contribution in [1.29, 1.82) is 0 Å². The molecule has 0 heterocycles. The second-order valence-electron chi connectivity index (χ2n) is 5.13. The Morgan fingerprint density at radius 3 is 2.00 bits per heavy atom. The Bertz CT molecular complexity index is 512. The van der Waals surface area contributed by atoms with Crippen molar-refractivity contribution >= 4 is 15.6 Å². The average molecular weight is 268 g/mol. The molecule has 0 aliphatic rings. The number of hydrogen-bond acceptors (Lipinski definition) is 3. The van der Waals surface area contributed by atoms with E-state index in [2.05, 4.69) is 13.8 Å². The lowest BCUT2D eigenvalue weighted by Crippen LogP contribution is -2.26. The maximum atomic E-state index is 11.9. The van der Waals surface area contributed by atoms with E-state index in [1.54, 1.807) is 12.1 Å². The number of carbonyl (C=O) groups is 1. The first-order chi connectivity index (χ1) is 8.21. The second-order valence-corrected chi connectivity index (χ2v) is 7.50. The van der Waals surface area contributed by atoms with E-state index in [9.17, 15) is 13.2 Å². The van der Waals surface area contributed by atoms with E-state index in [0.29, 0.717) is 11.5 Å². The number of ketones is 1. The first-order valence-electron chi connectivity index (χ1n) is 6.04. The predicted octanol–water partition coefficient (Wildman–Crippen LogP) is 2.50. The van der Waals surface area contributed by atoms with Gasteiger partial charge in [0.1, 0.15) is 5.25 Å². The molecule has 0 aliphatic carbocycles. The van der Waals surface area contributed by atoms with E-state index in [-0.39, 0.29) is 5.78 Å². The third-order valence-corrected chi connectivity index (χ3v) is 4.39. The van der Waals surface area contributed by atoms with Crippen LogP contribution in [0.4, 0.5) is 0 Å². The molecule has 100 valence electrons. The molecule has 0 amide bonds. The summed E-state index contributed by atoms with van der Waals surface area (Å²) in [5, 5.41) is -0.978. The van der Waals surface area contributed by atoms with Gasteiger partial charge < -0.3 is 0 Å². The monoisotopic (exact) mass is 268 g/mol. The highest BCUT2D eigenvalue weighted by Gasteiger charge is 2.24. The van der Waals surface area contributed by atoms with Crippen LogP contribution < -0.4 is 0 Å². The molecule has 3 nitrogen and oxygen atoms in total. The van der Waals surface area contributed by atoms with E-state index < -0.39 is 15.1 Å². The van der Waals surface area contributed by atoms with Crippen LogP contribution in [0, 0.1) is 5.92 Å². The van der Waals surface area contributed by atoms with Crippen molar-refractivity contribution in [3.8, 4) is 0 Å². The summed E-state index contributed by atoms with van der Waals surface area (Å²) in [6.45, 7) is 5.69. The largest absolute Gasteiger partial charge is 0.293 e. The minimum absolute atomic E-state index is 0.339. The normalized spacial score (nSPS) is 13.6. The lowest BCUT2D eigenvalue weighted by Gasteiger charge is -2.09. The zero-order chi connectivity index (χ0) is 13.9. The molecule has 1 atom stereocenters. The molecule has 0 fully saturated rings. The summed E-state index contributed by atoms with van der Waals surface area (Å²) in [6, 6.07) is 7.20. The summed E-state index contributed by atoms with van der Waals surface area (Å²) < 4.78 is 22.7. The molecule has 4 heteroatoms. The fourth-order valence-corrected chi connectivity index (χ4v) is 2.23. The van der Waals surface area contributed by atoms with Crippen LogP contribution in [0.5, 0.6) is 0 Å². The summed E-state index contributed by atoms with van der Waals surface area (Å²) in [4.78, 5) is 11.9. The molecule has 0 N–H and O–H groups in total. The Labute approximate surface area is 109 Å². The van der Waals surface area contributed by atoms with Crippen molar-refractivity contribution in [1.82, 2.24) is 0 Å². The van der Waals surface area contributed by atoms with Gasteiger partial charge in [-0.25, -0.2) is 8.42 Å². The molecule has 0 bridgehead atoms. The van der Waals surface area contributed by atoms with E-state index in [1.165, 1.54) is 6.92 Å². The van der Waals surface area contributed by atoms with Gasteiger partial charge in [0.05, 0.1) is 0 Å². The Kier molecular flexibility index (Phi) is 4.68. The lowest BCUT2D eigenvalue weighted by atomic mass is 10.0. The van der Waals surface area contributed by atoms with Crippen LogP contribution in [0.15, 0.2) is 24.3 Å². The molecule has 0 radical (unpaired) electrons. The van der Waals surface area contributed by atoms with Crippen LogP contribution >= 0.6 is 0 Å². The van der Waals surface area contributed by atoms with E-state index in [4.69, 9.17) is 0 Å². The molecular formula is C14H20O3S. The maximum Gasteiger partial charge on any atom is 0.180 e. The molecule has 0 aromatic heterocycles. The summed E-state index contributed by atoms with van der Waals surface area (Å²) in [6.07, 6.45) is 2.04. The molecule has 0 aliphatic heterocycles. The fraction of sp³-hybridized carbons (Fsp3) is 0.500. The van der Waals surface area contributed by atoms with Crippen molar-refractivity contribution < 1.29 is 13.2 Å². The fourth-order valence-electron chi connectivity index (χ4n) is 1.71. The summed E-state index contributed by atoms with van der Waals surface area (Å²) in [5.74, 6) is 0.218. The number of sulfone groups is 1. The maximum absolute atomic E-state index is 11.9. The molecular weight excluding hydrogens is 248 g/mol.